The summed E-state index contributed by atoms with van der Waals surface area (Å²) in [6.07, 6.45) is 9.46. The van der Waals surface area contributed by atoms with Gasteiger partial charge < -0.3 is 5.32 Å². The van der Waals surface area contributed by atoms with Gasteiger partial charge in [-0.3, -0.25) is 4.90 Å². The summed E-state index contributed by atoms with van der Waals surface area (Å²) in [6, 6.07) is 0.665. The summed E-state index contributed by atoms with van der Waals surface area (Å²) in [5, 5.41) is 3.83. The monoisotopic (exact) mass is 264 g/mol. The first kappa shape index (κ1) is 15.1. The van der Waals surface area contributed by atoms with E-state index in [4.69, 9.17) is 0 Å². The third-order valence-electron chi connectivity index (χ3n) is 5.09. The Hall–Kier alpha value is -0.340. The van der Waals surface area contributed by atoms with E-state index in [1.807, 2.05) is 0 Å². The van der Waals surface area contributed by atoms with Crippen LogP contribution in [0.1, 0.15) is 59.8 Å². The van der Waals surface area contributed by atoms with Gasteiger partial charge in [-0.15, -0.1) is 0 Å². The summed E-state index contributed by atoms with van der Waals surface area (Å²) in [4.78, 5) is 2.79. The van der Waals surface area contributed by atoms with Crippen molar-refractivity contribution >= 4 is 0 Å². The average Bonchev–Trinajstić information content (AvgIpc) is 2.38. The Morgan fingerprint density at radius 3 is 2.53 bits per heavy atom. The molecule has 2 heteroatoms. The molecule has 0 aromatic rings. The van der Waals surface area contributed by atoms with Crippen molar-refractivity contribution in [1.29, 1.82) is 0 Å². The maximum Gasteiger partial charge on any atom is 0.0338 e. The molecule has 2 rings (SSSR count). The van der Waals surface area contributed by atoms with Crippen LogP contribution < -0.4 is 5.32 Å². The molecule has 19 heavy (non-hydrogen) atoms. The van der Waals surface area contributed by atoms with Gasteiger partial charge in [0.15, 0.2) is 0 Å². The van der Waals surface area contributed by atoms with Crippen LogP contribution in [0.2, 0.25) is 0 Å². The number of rotatable bonds is 3. The smallest absolute Gasteiger partial charge is 0.0338 e. The fourth-order valence-corrected chi connectivity index (χ4v) is 3.64. The van der Waals surface area contributed by atoms with E-state index < -0.39 is 0 Å². The van der Waals surface area contributed by atoms with Crippen LogP contribution in [-0.2, 0) is 0 Å². The first-order valence-corrected chi connectivity index (χ1v) is 8.15. The minimum absolute atomic E-state index is 0.454. The second-order valence-electron chi connectivity index (χ2n) is 7.20. The summed E-state index contributed by atoms with van der Waals surface area (Å²) < 4.78 is 0. The fourth-order valence-electron chi connectivity index (χ4n) is 3.64. The lowest BCUT2D eigenvalue weighted by Gasteiger charge is -2.52. The number of hydrogen-bond acceptors (Lipinski definition) is 2. The van der Waals surface area contributed by atoms with Gasteiger partial charge in [0, 0.05) is 31.2 Å². The largest absolute Gasteiger partial charge is 0.311 e. The highest BCUT2D eigenvalue weighted by Crippen LogP contribution is 2.36. The van der Waals surface area contributed by atoms with Gasteiger partial charge in [0.05, 0.1) is 0 Å². The van der Waals surface area contributed by atoms with Crippen molar-refractivity contribution in [3.8, 4) is 0 Å². The van der Waals surface area contributed by atoms with E-state index in [1.165, 1.54) is 50.8 Å². The van der Waals surface area contributed by atoms with Crippen molar-refractivity contribution in [2.24, 2.45) is 5.92 Å². The summed E-state index contributed by atoms with van der Waals surface area (Å²) >= 11 is 0. The minimum Gasteiger partial charge on any atom is -0.311 e. The van der Waals surface area contributed by atoms with Crippen LogP contribution in [0.4, 0.5) is 0 Å². The Bertz CT molecular complexity index is 309. The molecule has 1 unspecified atom stereocenters. The second-order valence-corrected chi connectivity index (χ2v) is 7.20. The Kier molecular flexibility index (Phi) is 5.08. The topological polar surface area (TPSA) is 15.3 Å². The van der Waals surface area contributed by atoms with Crippen LogP contribution in [0.5, 0.6) is 0 Å². The van der Waals surface area contributed by atoms with E-state index in [9.17, 15) is 0 Å². The van der Waals surface area contributed by atoms with E-state index in [0.717, 1.165) is 12.5 Å². The predicted molar refractivity (Wildman–Crippen MR) is 83.4 cm³/mol. The molecule has 1 atom stereocenters. The highest BCUT2D eigenvalue weighted by atomic mass is 15.3. The average molecular weight is 264 g/mol. The van der Waals surface area contributed by atoms with Gasteiger partial charge in [0.2, 0.25) is 0 Å². The van der Waals surface area contributed by atoms with E-state index in [1.54, 1.807) is 0 Å². The molecule has 1 N–H and O–H groups in total. The molecule has 0 aromatic heterocycles. The fraction of sp³-hybridized carbons (Fsp3) is 0.882. The molecule has 1 heterocycles. The molecular formula is C17H32N2. The SMILES string of the molecule is CC(C)=CCN1CC(C(C)C)NCC12CCCCC2. The highest BCUT2D eigenvalue weighted by Gasteiger charge is 2.42. The van der Waals surface area contributed by atoms with Crippen LogP contribution in [0.25, 0.3) is 0 Å². The first-order valence-electron chi connectivity index (χ1n) is 8.15. The molecule has 1 aliphatic heterocycles. The molecule has 2 fully saturated rings. The number of nitrogens with zero attached hydrogens (tertiary/aromatic N) is 1. The van der Waals surface area contributed by atoms with Crippen molar-refractivity contribution in [3.05, 3.63) is 11.6 Å². The van der Waals surface area contributed by atoms with E-state index >= 15 is 0 Å². The molecule has 110 valence electrons. The molecule has 0 bridgehead atoms. The van der Waals surface area contributed by atoms with E-state index in [2.05, 4.69) is 44.0 Å². The zero-order valence-corrected chi connectivity index (χ0v) is 13.3. The van der Waals surface area contributed by atoms with Crippen LogP contribution >= 0.6 is 0 Å². The van der Waals surface area contributed by atoms with Crippen LogP contribution in [0.3, 0.4) is 0 Å². The normalized spacial score (nSPS) is 27.7. The molecule has 1 saturated carbocycles. The maximum absolute atomic E-state index is 3.83. The van der Waals surface area contributed by atoms with Gasteiger partial charge in [-0.25, -0.2) is 0 Å². The Balaban J connectivity index is 2.10. The van der Waals surface area contributed by atoms with Crippen LogP contribution in [0.15, 0.2) is 11.6 Å². The molecule has 1 aliphatic carbocycles. The van der Waals surface area contributed by atoms with Crippen molar-refractivity contribution in [2.75, 3.05) is 19.6 Å². The van der Waals surface area contributed by atoms with Gasteiger partial charge in [-0.2, -0.15) is 0 Å². The quantitative estimate of drug-likeness (QED) is 0.784. The number of piperazine rings is 1. The molecular weight excluding hydrogens is 232 g/mol. The molecule has 2 nitrogen and oxygen atoms in total. The zero-order valence-electron chi connectivity index (χ0n) is 13.3. The van der Waals surface area contributed by atoms with Gasteiger partial charge in [-0.05, 0) is 32.6 Å². The number of nitrogens with one attached hydrogen (secondary N) is 1. The summed E-state index contributed by atoms with van der Waals surface area (Å²) in [5.41, 5.74) is 1.90. The van der Waals surface area contributed by atoms with E-state index in [-0.39, 0.29) is 0 Å². The summed E-state index contributed by atoms with van der Waals surface area (Å²) in [7, 11) is 0. The molecule has 0 amide bonds. The lowest BCUT2D eigenvalue weighted by Crippen LogP contribution is -2.66. The van der Waals surface area contributed by atoms with Gasteiger partial charge >= 0.3 is 0 Å². The second kappa shape index (κ2) is 6.41. The molecule has 0 radical (unpaired) electrons. The van der Waals surface area contributed by atoms with Gasteiger partial charge in [0.1, 0.15) is 0 Å². The first-order chi connectivity index (χ1) is 9.03. The molecule has 2 aliphatic rings. The summed E-state index contributed by atoms with van der Waals surface area (Å²) in [5.74, 6) is 0.732. The number of hydrogen-bond donors (Lipinski definition) is 1. The van der Waals surface area contributed by atoms with E-state index in [0.29, 0.717) is 11.6 Å². The van der Waals surface area contributed by atoms with Gasteiger partial charge in [-0.1, -0.05) is 44.8 Å². The van der Waals surface area contributed by atoms with Crippen LogP contribution in [-0.4, -0.2) is 36.1 Å². The highest BCUT2D eigenvalue weighted by molar-refractivity contribution is 5.05. The van der Waals surface area contributed by atoms with Crippen molar-refractivity contribution in [1.82, 2.24) is 10.2 Å². The standard InChI is InChI=1S/C17H32N2/c1-14(2)8-11-19-12-16(15(3)4)18-13-17(19)9-6-5-7-10-17/h8,15-16,18H,5-7,9-13H2,1-4H3. The lowest BCUT2D eigenvalue weighted by atomic mass is 9.77. The van der Waals surface area contributed by atoms with Crippen molar-refractivity contribution in [3.63, 3.8) is 0 Å². The molecule has 1 saturated heterocycles. The van der Waals surface area contributed by atoms with Crippen molar-refractivity contribution < 1.29 is 0 Å². The van der Waals surface area contributed by atoms with Crippen molar-refractivity contribution in [2.45, 2.75) is 71.4 Å². The third kappa shape index (κ3) is 3.61. The Labute approximate surface area is 119 Å². The zero-order chi connectivity index (χ0) is 13.9. The predicted octanol–water partition coefficient (Wildman–Crippen LogP) is 3.59. The summed E-state index contributed by atoms with van der Waals surface area (Å²) in [6.45, 7) is 12.7. The maximum atomic E-state index is 3.83. The third-order valence-corrected chi connectivity index (χ3v) is 5.09. The lowest BCUT2D eigenvalue weighted by molar-refractivity contribution is 0.0111. The van der Waals surface area contributed by atoms with Crippen LogP contribution in [0, 0.1) is 5.92 Å². The number of allylic oxidation sites excluding steroid dienone is 1. The molecule has 1 spiro atoms. The minimum atomic E-state index is 0.454. The van der Waals surface area contributed by atoms with Gasteiger partial charge in [0.25, 0.3) is 0 Å². The Morgan fingerprint density at radius 1 is 1.26 bits per heavy atom. The Morgan fingerprint density at radius 2 is 1.95 bits per heavy atom. The molecule has 0 aromatic carbocycles.